The Morgan fingerprint density at radius 1 is 0.714 bits per heavy atom. The molecule has 4 aromatic carbocycles. The molecule has 166 valence electrons. The van der Waals surface area contributed by atoms with Crippen LogP contribution in [-0.2, 0) is 6.42 Å². The number of pyridine rings is 1. The van der Waals surface area contributed by atoms with E-state index in [1.54, 1.807) is 0 Å². The summed E-state index contributed by atoms with van der Waals surface area (Å²) in [7, 11) is 0. The average molecular weight is 450 g/mol. The summed E-state index contributed by atoms with van der Waals surface area (Å²) in [6, 6.07) is 36.3. The Kier molecular flexibility index (Phi) is 4.36. The van der Waals surface area contributed by atoms with Crippen molar-refractivity contribution in [3.05, 3.63) is 132 Å². The van der Waals surface area contributed by atoms with Crippen LogP contribution in [0.25, 0.3) is 44.3 Å². The lowest BCUT2D eigenvalue weighted by Gasteiger charge is -2.08. The van der Waals surface area contributed by atoms with Gasteiger partial charge in [-0.1, -0.05) is 66.7 Å². The normalized spacial score (nSPS) is 13.4. The van der Waals surface area contributed by atoms with Crippen LogP contribution in [0.4, 0.5) is 5.69 Å². The van der Waals surface area contributed by atoms with Crippen LogP contribution in [0.3, 0.4) is 0 Å². The van der Waals surface area contributed by atoms with Crippen molar-refractivity contribution >= 4 is 33.1 Å². The van der Waals surface area contributed by atoms with Crippen LogP contribution in [0.5, 0.6) is 0 Å². The number of nitrogen functional groups attached to an aromatic ring is 1. The van der Waals surface area contributed by atoms with Crippen molar-refractivity contribution in [1.82, 2.24) is 9.55 Å². The second kappa shape index (κ2) is 7.71. The van der Waals surface area contributed by atoms with Crippen molar-refractivity contribution in [2.45, 2.75) is 6.42 Å². The van der Waals surface area contributed by atoms with E-state index in [4.69, 9.17) is 5.73 Å². The molecule has 0 radical (unpaired) electrons. The first-order valence-electron chi connectivity index (χ1n) is 11.9. The smallest absolute Gasteiger partial charge is 0.0787 e. The van der Waals surface area contributed by atoms with Crippen molar-refractivity contribution in [2.24, 2.45) is 0 Å². The maximum atomic E-state index is 6.43. The molecule has 6 aromatic rings. The van der Waals surface area contributed by atoms with Crippen LogP contribution in [0.15, 0.2) is 115 Å². The number of allylic oxidation sites excluding steroid dienone is 1. The van der Waals surface area contributed by atoms with Gasteiger partial charge in [-0.25, -0.2) is 0 Å². The zero-order valence-electron chi connectivity index (χ0n) is 19.1. The molecule has 3 nitrogen and oxygen atoms in total. The minimum absolute atomic E-state index is 0.799. The monoisotopic (exact) mass is 449 g/mol. The minimum Gasteiger partial charge on any atom is -0.398 e. The molecule has 2 aromatic heterocycles. The van der Waals surface area contributed by atoms with Crippen molar-refractivity contribution in [3.63, 3.8) is 0 Å². The summed E-state index contributed by atoms with van der Waals surface area (Å²) in [6.45, 7) is 0. The van der Waals surface area contributed by atoms with Gasteiger partial charge in [0.1, 0.15) is 0 Å². The lowest BCUT2D eigenvalue weighted by Crippen LogP contribution is -1.94. The van der Waals surface area contributed by atoms with Gasteiger partial charge in [0, 0.05) is 45.0 Å². The molecule has 2 heterocycles. The highest BCUT2D eigenvalue weighted by molar-refractivity contribution is 6.09. The third-order valence-electron chi connectivity index (χ3n) is 7.01. The van der Waals surface area contributed by atoms with E-state index in [2.05, 4.69) is 101 Å². The molecule has 3 heteroatoms. The molecule has 0 bridgehead atoms. The SMILES string of the molecule is Nc1cccc2c1/C(=C\Cc1ccc3c(c1)c1ccccc1n3-c1ccccc1)c1cccnc1-2. The number of hydrogen-bond acceptors (Lipinski definition) is 2. The molecule has 35 heavy (non-hydrogen) atoms. The van der Waals surface area contributed by atoms with Gasteiger partial charge in [0.15, 0.2) is 0 Å². The quantitative estimate of drug-likeness (QED) is 0.285. The maximum Gasteiger partial charge on any atom is 0.0787 e. The fourth-order valence-corrected chi connectivity index (χ4v) is 5.47. The summed E-state index contributed by atoms with van der Waals surface area (Å²) in [5.74, 6) is 0. The Hall–Kier alpha value is -4.63. The van der Waals surface area contributed by atoms with Gasteiger partial charge in [0.25, 0.3) is 0 Å². The highest BCUT2D eigenvalue weighted by Gasteiger charge is 2.25. The van der Waals surface area contributed by atoms with Gasteiger partial charge in [-0.05, 0) is 60.0 Å². The van der Waals surface area contributed by atoms with Crippen LogP contribution in [0.2, 0.25) is 0 Å². The standard InChI is InChI=1S/C32H23N3/c33-28-13-6-11-26-31(28)24(25-12-7-19-34-32(25)26)17-15-21-16-18-30-27(20-21)23-10-4-5-14-29(23)35(30)22-8-2-1-3-9-22/h1-14,16-20H,15,33H2/b24-17-. The number of benzene rings is 4. The number of aromatic nitrogens is 2. The molecule has 0 saturated carbocycles. The van der Waals surface area contributed by atoms with E-state index < -0.39 is 0 Å². The van der Waals surface area contributed by atoms with Gasteiger partial charge >= 0.3 is 0 Å². The number of anilines is 1. The number of hydrogen-bond donors (Lipinski definition) is 1. The molecule has 0 aliphatic heterocycles. The predicted octanol–water partition coefficient (Wildman–Crippen LogP) is 7.42. The second-order valence-corrected chi connectivity index (χ2v) is 9.03. The molecule has 0 spiro atoms. The lowest BCUT2D eigenvalue weighted by molar-refractivity contribution is 1.18. The summed E-state index contributed by atoms with van der Waals surface area (Å²) >= 11 is 0. The first-order chi connectivity index (χ1) is 17.3. The molecular weight excluding hydrogens is 426 g/mol. The predicted molar refractivity (Wildman–Crippen MR) is 146 cm³/mol. The van der Waals surface area contributed by atoms with Crippen LogP contribution in [0, 0.1) is 0 Å². The molecule has 0 saturated heterocycles. The number of nitrogens with two attached hydrogens (primary N) is 1. The van der Waals surface area contributed by atoms with Crippen molar-refractivity contribution in [2.75, 3.05) is 5.73 Å². The highest BCUT2D eigenvalue weighted by Crippen LogP contribution is 2.45. The molecule has 0 amide bonds. The molecule has 1 aliphatic rings. The van der Waals surface area contributed by atoms with E-state index in [9.17, 15) is 0 Å². The first-order valence-corrected chi connectivity index (χ1v) is 11.9. The van der Waals surface area contributed by atoms with Gasteiger partial charge in [-0.3, -0.25) is 4.98 Å². The Morgan fingerprint density at radius 2 is 1.51 bits per heavy atom. The van der Waals surface area contributed by atoms with E-state index in [1.165, 1.54) is 38.6 Å². The van der Waals surface area contributed by atoms with Gasteiger partial charge in [0.05, 0.1) is 16.7 Å². The van der Waals surface area contributed by atoms with Gasteiger partial charge in [-0.2, -0.15) is 0 Å². The number of fused-ring (bicyclic) bond motifs is 6. The summed E-state index contributed by atoms with van der Waals surface area (Å²) in [6.07, 6.45) is 4.98. The molecule has 1 aliphatic carbocycles. The molecule has 0 fully saturated rings. The van der Waals surface area contributed by atoms with Gasteiger partial charge < -0.3 is 10.3 Å². The zero-order valence-corrected chi connectivity index (χ0v) is 19.1. The van der Waals surface area contributed by atoms with Gasteiger partial charge in [-0.15, -0.1) is 0 Å². The minimum atomic E-state index is 0.799. The average Bonchev–Trinajstić information content (AvgIpc) is 3.41. The Morgan fingerprint density at radius 3 is 2.43 bits per heavy atom. The van der Waals surface area contributed by atoms with E-state index in [-0.39, 0.29) is 0 Å². The van der Waals surface area contributed by atoms with E-state index in [0.29, 0.717) is 0 Å². The molecular formula is C32H23N3. The van der Waals surface area contributed by atoms with E-state index >= 15 is 0 Å². The third kappa shape index (κ3) is 3.02. The number of nitrogens with zero attached hydrogens (tertiary/aromatic N) is 2. The Labute approximate surface area is 203 Å². The fourth-order valence-electron chi connectivity index (χ4n) is 5.47. The fraction of sp³-hybridized carbons (Fsp3) is 0.0312. The topological polar surface area (TPSA) is 43.8 Å². The molecule has 7 rings (SSSR count). The number of rotatable bonds is 3. The van der Waals surface area contributed by atoms with Gasteiger partial charge in [0.2, 0.25) is 0 Å². The Bertz CT molecular complexity index is 1770. The van der Waals surface area contributed by atoms with E-state index in [1.807, 2.05) is 24.4 Å². The first kappa shape index (κ1) is 19.8. The zero-order chi connectivity index (χ0) is 23.4. The molecule has 0 atom stereocenters. The summed E-state index contributed by atoms with van der Waals surface area (Å²) in [5.41, 5.74) is 17.7. The van der Waals surface area contributed by atoms with Crippen LogP contribution in [-0.4, -0.2) is 9.55 Å². The largest absolute Gasteiger partial charge is 0.398 e. The van der Waals surface area contributed by atoms with Crippen molar-refractivity contribution in [1.29, 1.82) is 0 Å². The lowest BCUT2D eigenvalue weighted by atomic mass is 9.99. The van der Waals surface area contributed by atoms with Crippen molar-refractivity contribution in [3.8, 4) is 16.9 Å². The maximum absolute atomic E-state index is 6.43. The van der Waals surface area contributed by atoms with E-state index in [0.717, 1.165) is 34.5 Å². The van der Waals surface area contributed by atoms with Crippen molar-refractivity contribution < 1.29 is 0 Å². The van der Waals surface area contributed by atoms with Crippen LogP contribution >= 0.6 is 0 Å². The third-order valence-corrected chi connectivity index (χ3v) is 7.01. The van der Waals surface area contributed by atoms with Crippen LogP contribution < -0.4 is 5.73 Å². The number of para-hydroxylation sites is 2. The second-order valence-electron chi connectivity index (χ2n) is 9.03. The molecule has 2 N–H and O–H groups in total. The summed E-state index contributed by atoms with van der Waals surface area (Å²) in [4.78, 5) is 4.65. The van der Waals surface area contributed by atoms with Crippen LogP contribution in [0.1, 0.15) is 16.7 Å². The summed E-state index contributed by atoms with van der Waals surface area (Å²) in [5, 5.41) is 2.54. The summed E-state index contributed by atoms with van der Waals surface area (Å²) < 4.78 is 2.35. The Balaban J connectivity index is 1.36. The molecule has 0 unspecified atom stereocenters. The highest BCUT2D eigenvalue weighted by atomic mass is 15.0.